The van der Waals surface area contributed by atoms with Gasteiger partial charge in [0.25, 0.3) is 0 Å². The van der Waals surface area contributed by atoms with Gasteiger partial charge >= 0.3 is 6.18 Å². The average molecular weight is 336 g/mol. The van der Waals surface area contributed by atoms with Gasteiger partial charge in [-0.3, -0.25) is 0 Å². The highest BCUT2D eigenvalue weighted by Gasteiger charge is 2.71. The lowest BCUT2D eigenvalue weighted by molar-refractivity contribution is -0.116. The Hall–Kier alpha value is -0.630. The van der Waals surface area contributed by atoms with Gasteiger partial charge in [0.2, 0.25) is 0 Å². The maximum atomic E-state index is 12.6. The van der Waals surface area contributed by atoms with E-state index in [0.717, 1.165) is 13.3 Å². The molecule has 7 heteroatoms. The average Bonchev–Trinajstić information content (AvgIpc) is 3.36. The topological polar surface area (TPSA) is 54.5 Å². The van der Waals surface area contributed by atoms with E-state index in [0.29, 0.717) is 13.0 Å². The smallest absolute Gasteiger partial charge is 0.390 e. The van der Waals surface area contributed by atoms with Gasteiger partial charge in [-0.25, -0.2) is 0 Å². The van der Waals surface area contributed by atoms with Gasteiger partial charge in [0, 0.05) is 12.7 Å². The molecular formula is C16H23F3O4. The number of methoxy groups -OCH3 is 1. The van der Waals surface area contributed by atoms with Crippen LogP contribution in [0.2, 0.25) is 0 Å². The van der Waals surface area contributed by atoms with Crippen molar-refractivity contribution in [2.24, 2.45) is 5.92 Å². The Balaban J connectivity index is 1.73. The summed E-state index contributed by atoms with van der Waals surface area (Å²) in [5.74, 6) is -0.173. The van der Waals surface area contributed by atoms with Gasteiger partial charge in [-0.2, -0.15) is 13.2 Å². The van der Waals surface area contributed by atoms with Crippen molar-refractivity contribution in [1.29, 1.82) is 0 Å². The zero-order valence-corrected chi connectivity index (χ0v) is 13.5. The number of hydrogen-bond donors (Lipinski definition) is 1. The number of epoxide rings is 2. The molecule has 3 fully saturated rings. The van der Waals surface area contributed by atoms with E-state index in [9.17, 15) is 18.3 Å². The molecular weight excluding hydrogens is 313 g/mol. The zero-order chi connectivity index (χ0) is 17.0. The van der Waals surface area contributed by atoms with Crippen molar-refractivity contribution >= 4 is 0 Å². The molecule has 4 nitrogen and oxygen atoms in total. The van der Waals surface area contributed by atoms with Crippen molar-refractivity contribution in [3.8, 4) is 0 Å². The predicted molar refractivity (Wildman–Crippen MR) is 75.9 cm³/mol. The van der Waals surface area contributed by atoms with Crippen molar-refractivity contribution in [1.82, 2.24) is 0 Å². The molecule has 0 radical (unpaired) electrons. The van der Waals surface area contributed by atoms with Crippen LogP contribution in [0.15, 0.2) is 11.6 Å². The van der Waals surface area contributed by atoms with Crippen LogP contribution in [-0.4, -0.2) is 54.5 Å². The molecule has 0 aromatic heterocycles. The van der Waals surface area contributed by atoms with Crippen LogP contribution in [0.25, 0.3) is 0 Å². The van der Waals surface area contributed by atoms with E-state index in [1.54, 1.807) is 0 Å². The van der Waals surface area contributed by atoms with Gasteiger partial charge in [0.15, 0.2) is 0 Å². The standard InChI is InChI=1S/C16H23F3O4/c1-9(16(17,18)19)4-5-11-14(2,23-11)13-12(21-3)10(20)6-7-15(13)8-22-15/h4,10-13,20H,5-8H2,1-3H3/t10-,11-,12-,13-,14?,15+/m1/s1. The molecule has 1 aliphatic carbocycles. The molecule has 1 saturated carbocycles. The van der Waals surface area contributed by atoms with Crippen LogP contribution in [0, 0.1) is 5.92 Å². The summed E-state index contributed by atoms with van der Waals surface area (Å²) in [4.78, 5) is 0. The maximum absolute atomic E-state index is 12.6. The third-order valence-electron chi connectivity index (χ3n) is 5.61. The minimum Gasteiger partial charge on any atom is -0.390 e. The van der Waals surface area contributed by atoms with E-state index < -0.39 is 29.6 Å². The van der Waals surface area contributed by atoms with Crippen LogP contribution in [0.3, 0.4) is 0 Å². The maximum Gasteiger partial charge on any atom is 0.412 e. The Labute approximate surface area is 133 Å². The molecule has 23 heavy (non-hydrogen) atoms. The summed E-state index contributed by atoms with van der Waals surface area (Å²) in [6.07, 6.45) is -2.94. The van der Waals surface area contributed by atoms with Crippen LogP contribution in [0.5, 0.6) is 0 Å². The highest BCUT2D eigenvalue weighted by atomic mass is 19.4. The Morgan fingerprint density at radius 2 is 2.09 bits per heavy atom. The highest BCUT2D eigenvalue weighted by molar-refractivity contribution is 5.21. The fraction of sp³-hybridized carbons (Fsp3) is 0.875. The van der Waals surface area contributed by atoms with E-state index in [-0.39, 0.29) is 24.0 Å². The minimum absolute atomic E-state index is 0.173. The third kappa shape index (κ3) is 2.92. The van der Waals surface area contributed by atoms with Crippen LogP contribution in [0.1, 0.15) is 33.1 Å². The van der Waals surface area contributed by atoms with E-state index in [1.165, 1.54) is 13.2 Å². The first kappa shape index (κ1) is 17.2. The molecule has 2 aliphatic heterocycles. The van der Waals surface area contributed by atoms with Crippen molar-refractivity contribution in [2.75, 3.05) is 13.7 Å². The van der Waals surface area contributed by atoms with Crippen LogP contribution < -0.4 is 0 Å². The SMILES string of the molecule is CO[C@@H]1[C@H](O)CC[C@]2(CO2)[C@H]1C1(C)O[C@@H]1CC=C(C)C(F)(F)F. The van der Waals surface area contributed by atoms with Crippen molar-refractivity contribution in [3.63, 3.8) is 0 Å². The molecule has 1 unspecified atom stereocenters. The second-order valence-corrected chi connectivity index (χ2v) is 7.05. The molecule has 1 spiro atoms. The highest BCUT2D eigenvalue weighted by Crippen LogP contribution is 2.59. The Morgan fingerprint density at radius 1 is 1.43 bits per heavy atom. The number of aliphatic hydroxyl groups is 1. The van der Waals surface area contributed by atoms with Crippen molar-refractivity contribution < 1.29 is 32.5 Å². The zero-order valence-electron chi connectivity index (χ0n) is 13.5. The van der Waals surface area contributed by atoms with Crippen molar-refractivity contribution in [3.05, 3.63) is 11.6 Å². The normalized spacial score (nSPS) is 47.0. The molecule has 3 rings (SSSR count). The lowest BCUT2D eigenvalue weighted by atomic mass is 9.68. The number of hydrogen-bond acceptors (Lipinski definition) is 4. The number of halogens is 3. The van der Waals surface area contributed by atoms with Crippen LogP contribution in [-0.2, 0) is 14.2 Å². The lowest BCUT2D eigenvalue weighted by Crippen LogP contribution is -2.54. The summed E-state index contributed by atoms with van der Waals surface area (Å²) < 4.78 is 54.7. The number of aliphatic hydroxyl groups excluding tert-OH is 1. The molecule has 2 heterocycles. The summed E-state index contributed by atoms with van der Waals surface area (Å²) in [6, 6.07) is 0. The van der Waals surface area contributed by atoms with E-state index in [1.807, 2.05) is 6.92 Å². The first-order valence-corrected chi connectivity index (χ1v) is 7.90. The molecule has 6 atom stereocenters. The number of rotatable bonds is 4. The van der Waals surface area contributed by atoms with Crippen molar-refractivity contribution in [2.45, 2.75) is 68.8 Å². The molecule has 0 aromatic carbocycles. The van der Waals surface area contributed by atoms with E-state index in [4.69, 9.17) is 14.2 Å². The molecule has 0 bridgehead atoms. The second-order valence-electron chi connectivity index (χ2n) is 7.05. The Bertz CT molecular complexity index is 500. The summed E-state index contributed by atoms with van der Waals surface area (Å²) in [5.41, 5.74) is -1.59. The van der Waals surface area contributed by atoms with Gasteiger partial charge < -0.3 is 19.3 Å². The minimum atomic E-state index is -4.30. The number of ether oxygens (including phenoxy) is 3. The second kappa shape index (κ2) is 5.44. The predicted octanol–water partition coefficient (Wildman–Crippen LogP) is 2.60. The first-order valence-electron chi connectivity index (χ1n) is 7.90. The fourth-order valence-electron chi connectivity index (χ4n) is 4.02. The fourth-order valence-corrected chi connectivity index (χ4v) is 4.02. The molecule has 1 N–H and O–H groups in total. The van der Waals surface area contributed by atoms with Gasteiger partial charge in [0.05, 0.1) is 36.4 Å². The number of alkyl halides is 3. The number of allylic oxidation sites excluding steroid dienone is 1. The van der Waals surface area contributed by atoms with Gasteiger partial charge in [-0.05, 0) is 33.1 Å². The van der Waals surface area contributed by atoms with E-state index in [2.05, 4.69) is 0 Å². The largest absolute Gasteiger partial charge is 0.412 e. The molecule has 3 aliphatic rings. The molecule has 0 amide bonds. The van der Waals surface area contributed by atoms with Crippen LogP contribution in [0.4, 0.5) is 13.2 Å². The summed E-state index contributed by atoms with van der Waals surface area (Å²) in [5, 5.41) is 10.2. The molecule has 132 valence electrons. The molecule has 0 aromatic rings. The summed E-state index contributed by atoms with van der Waals surface area (Å²) in [6.45, 7) is 3.54. The van der Waals surface area contributed by atoms with Gasteiger partial charge in [-0.1, -0.05) is 6.08 Å². The Morgan fingerprint density at radius 3 is 2.61 bits per heavy atom. The summed E-state index contributed by atoms with van der Waals surface area (Å²) >= 11 is 0. The molecule has 2 saturated heterocycles. The quantitative estimate of drug-likeness (QED) is 0.633. The van der Waals surface area contributed by atoms with Gasteiger partial charge in [0.1, 0.15) is 5.60 Å². The van der Waals surface area contributed by atoms with Gasteiger partial charge in [-0.15, -0.1) is 0 Å². The first-order chi connectivity index (χ1) is 10.6. The van der Waals surface area contributed by atoms with Crippen LogP contribution >= 0.6 is 0 Å². The van der Waals surface area contributed by atoms with E-state index >= 15 is 0 Å². The Kier molecular flexibility index (Phi) is 4.07. The monoisotopic (exact) mass is 336 g/mol. The lowest BCUT2D eigenvalue weighted by Gasteiger charge is -2.41. The summed E-state index contributed by atoms with van der Waals surface area (Å²) in [7, 11) is 1.54. The third-order valence-corrected chi connectivity index (χ3v) is 5.61.